The van der Waals surface area contributed by atoms with Crippen molar-refractivity contribution in [2.24, 2.45) is 0 Å². The normalized spacial score (nSPS) is 23.1. The molecule has 2 aliphatic heterocycles. The molecule has 7 heteroatoms. The van der Waals surface area contributed by atoms with Gasteiger partial charge in [0, 0.05) is 39.1 Å². The molecular formula is C14H23N3O4. The summed E-state index contributed by atoms with van der Waals surface area (Å²) in [6, 6.07) is -0.910. The van der Waals surface area contributed by atoms with Gasteiger partial charge in [0.15, 0.2) is 0 Å². The van der Waals surface area contributed by atoms with Crippen LogP contribution in [0, 0.1) is 0 Å². The summed E-state index contributed by atoms with van der Waals surface area (Å²) in [7, 11) is 0. The predicted molar refractivity (Wildman–Crippen MR) is 75.8 cm³/mol. The number of hydrogen-bond acceptors (Lipinski definition) is 3. The summed E-state index contributed by atoms with van der Waals surface area (Å²) in [6.07, 6.45) is 2.69. The maximum atomic E-state index is 12.5. The number of aliphatic carboxylic acids is 1. The molecule has 0 bridgehead atoms. The highest BCUT2D eigenvalue weighted by Crippen LogP contribution is 2.19. The summed E-state index contributed by atoms with van der Waals surface area (Å²) < 4.78 is 0. The van der Waals surface area contributed by atoms with E-state index in [0.29, 0.717) is 45.6 Å². The van der Waals surface area contributed by atoms with Gasteiger partial charge in [0.25, 0.3) is 0 Å². The molecule has 2 aliphatic rings. The number of carboxylic acids is 1. The molecule has 1 N–H and O–H groups in total. The Bertz CT molecular complexity index is 418. The molecule has 2 fully saturated rings. The van der Waals surface area contributed by atoms with Crippen LogP contribution in [0.2, 0.25) is 0 Å². The maximum Gasteiger partial charge on any atom is 0.326 e. The number of carbonyl (C=O) groups is 3. The number of hydrogen-bond donors (Lipinski definition) is 1. The van der Waals surface area contributed by atoms with Crippen LogP contribution in [-0.4, -0.2) is 76.5 Å². The second-order valence-electron chi connectivity index (χ2n) is 5.55. The fourth-order valence-electron chi connectivity index (χ4n) is 2.97. The third-order valence-corrected chi connectivity index (χ3v) is 4.24. The number of piperazine rings is 1. The van der Waals surface area contributed by atoms with Crippen molar-refractivity contribution in [3.63, 3.8) is 0 Å². The number of urea groups is 1. The molecule has 0 spiro atoms. The van der Waals surface area contributed by atoms with Crippen LogP contribution in [0.5, 0.6) is 0 Å². The topological polar surface area (TPSA) is 81.2 Å². The summed E-state index contributed by atoms with van der Waals surface area (Å²) >= 11 is 0. The average Bonchev–Trinajstić information content (AvgIpc) is 2.53. The van der Waals surface area contributed by atoms with E-state index < -0.39 is 12.0 Å². The van der Waals surface area contributed by atoms with E-state index >= 15 is 0 Å². The van der Waals surface area contributed by atoms with E-state index in [-0.39, 0.29) is 11.9 Å². The number of piperidine rings is 1. The van der Waals surface area contributed by atoms with Gasteiger partial charge in [0.05, 0.1) is 0 Å². The molecule has 21 heavy (non-hydrogen) atoms. The summed E-state index contributed by atoms with van der Waals surface area (Å²) in [6.45, 7) is 4.35. The van der Waals surface area contributed by atoms with Gasteiger partial charge >= 0.3 is 12.0 Å². The lowest BCUT2D eigenvalue weighted by molar-refractivity contribution is -0.143. The molecule has 1 unspecified atom stereocenters. The first-order valence-electron chi connectivity index (χ1n) is 7.60. The molecule has 0 aromatic carbocycles. The molecule has 1 atom stereocenters. The first kappa shape index (κ1) is 15.6. The third kappa shape index (κ3) is 3.46. The first-order valence-corrected chi connectivity index (χ1v) is 7.60. The highest BCUT2D eigenvalue weighted by molar-refractivity contribution is 5.83. The Labute approximate surface area is 124 Å². The zero-order valence-corrected chi connectivity index (χ0v) is 12.5. The van der Waals surface area contributed by atoms with Crippen LogP contribution in [0.15, 0.2) is 0 Å². The van der Waals surface area contributed by atoms with E-state index in [4.69, 9.17) is 0 Å². The van der Waals surface area contributed by atoms with Crippen molar-refractivity contribution in [2.75, 3.05) is 32.7 Å². The molecule has 7 nitrogen and oxygen atoms in total. The van der Waals surface area contributed by atoms with Crippen LogP contribution in [0.25, 0.3) is 0 Å². The molecule has 0 aromatic heterocycles. The predicted octanol–water partition coefficient (Wildman–Crippen LogP) is 0.600. The lowest BCUT2D eigenvalue weighted by Gasteiger charge is -2.40. The van der Waals surface area contributed by atoms with Crippen molar-refractivity contribution in [1.29, 1.82) is 0 Å². The Hall–Kier alpha value is -1.79. The SMILES string of the molecule is CCC(=O)N1CCN(C(=O)N2CCCCC2C(=O)O)CC1. The molecule has 0 aromatic rings. The fourth-order valence-corrected chi connectivity index (χ4v) is 2.97. The second-order valence-corrected chi connectivity index (χ2v) is 5.55. The molecule has 2 rings (SSSR count). The van der Waals surface area contributed by atoms with Crippen LogP contribution >= 0.6 is 0 Å². The minimum Gasteiger partial charge on any atom is -0.480 e. The molecule has 3 amide bonds. The zero-order chi connectivity index (χ0) is 15.4. The minimum absolute atomic E-state index is 0.100. The molecule has 2 heterocycles. The Morgan fingerprint density at radius 1 is 1.00 bits per heavy atom. The van der Waals surface area contributed by atoms with Crippen molar-refractivity contribution < 1.29 is 19.5 Å². The van der Waals surface area contributed by atoms with Gasteiger partial charge in [-0.3, -0.25) is 4.79 Å². The van der Waals surface area contributed by atoms with Crippen LogP contribution in [-0.2, 0) is 9.59 Å². The van der Waals surface area contributed by atoms with Crippen LogP contribution in [0.1, 0.15) is 32.6 Å². The molecule has 0 saturated carbocycles. The maximum absolute atomic E-state index is 12.5. The lowest BCUT2D eigenvalue weighted by atomic mass is 10.0. The van der Waals surface area contributed by atoms with E-state index in [0.717, 1.165) is 12.8 Å². The van der Waals surface area contributed by atoms with Crippen molar-refractivity contribution in [2.45, 2.75) is 38.6 Å². The molecule has 118 valence electrons. The Morgan fingerprint density at radius 2 is 1.62 bits per heavy atom. The fraction of sp³-hybridized carbons (Fsp3) is 0.786. The highest BCUT2D eigenvalue weighted by Gasteiger charge is 2.35. The van der Waals surface area contributed by atoms with Gasteiger partial charge in [-0.2, -0.15) is 0 Å². The zero-order valence-electron chi connectivity index (χ0n) is 12.5. The van der Waals surface area contributed by atoms with E-state index in [1.165, 1.54) is 4.90 Å². The van der Waals surface area contributed by atoms with Gasteiger partial charge in [-0.05, 0) is 19.3 Å². The minimum atomic E-state index is -0.928. The van der Waals surface area contributed by atoms with E-state index in [1.807, 2.05) is 6.92 Å². The van der Waals surface area contributed by atoms with Crippen LogP contribution < -0.4 is 0 Å². The summed E-state index contributed by atoms with van der Waals surface area (Å²) in [5, 5.41) is 9.24. The van der Waals surface area contributed by atoms with Crippen molar-refractivity contribution in [3.8, 4) is 0 Å². The van der Waals surface area contributed by atoms with Crippen molar-refractivity contribution in [1.82, 2.24) is 14.7 Å². The van der Waals surface area contributed by atoms with E-state index in [1.54, 1.807) is 9.80 Å². The summed E-state index contributed by atoms with van der Waals surface area (Å²) in [4.78, 5) is 40.3. The molecule has 0 aliphatic carbocycles. The standard InChI is InChI=1S/C14H23N3O4/c1-2-12(18)15-7-9-16(10-8-15)14(21)17-6-4-3-5-11(17)13(19)20/h11H,2-10H2,1H3,(H,19,20). The van der Waals surface area contributed by atoms with Crippen molar-refractivity contribution >= 4 is 17.9 Å². The van der Waals surface area contributed by atoms with Crippen LogP contribution in [0.3, 0.4) is 0 Å². The lowest BCUT2D eigenvalue weighted by Crippen LogP contribution is -2.58. The quantitative estimate of drug-likeness (QED) is 0.809. The summed E-state index contributed by atoms with van der Waals surface area (Å²) in [5.74, 6) is -0.827. The van der Waals surface area contributed by atoms with E-state index in [9.17, 15) is 19.5 Å². The Morgan fingerprint density at radius 3 is 2.19 bits per heavy atom. The number of rotatable bonds is 2. The van der Waals surface area contributed by atoms with Gasteiger partial charge in [-0.25, -0.2) is 9.59 Å². The Balaban J connectivity index is 1.94. The van der Waals surface area contributed by atoms with Crippen LogP contribution in [0.4, 0.5) is 4.79 Å². The molecule has 0 radical (unpaired) electrons. The van der Waals surface area contributed by atoms with Gasteiger partial charge < -0.3 is 19.8 Å². The number of likely N-dealkylation sites (tertiary alicyclic amines) is 1. The third-order valence-electron chi connectivity index (χ3n) is 4.24. The first-order chi connectivity index (χ1) is 10.0. The number of nitrogens with zero attached hydrogens (tertiary/aromatic N) is 3. The Kier molecular flexibility index (Phi) is 5.03. The number of carbonyl (C=O) groups excluding carboxylic acids is 2. The second kappa shape index (κ2) is 6.78. The van der Waals surface area contributed by atoms with Gasteiger partial charge in [-0.15, -0.1) is 0 Å². The highest BCUT2D eigenvalue weighted by atomic mass is 16.4. The van der Waals surface area contributed by atoms with Gasteiger partial charge in [0.1, 0.15) is 6.04 Å². The monoisotopic (exact) mass is 297 g/mol. The molecular weight excluding hydrogens is 274 g/mol. The summed E-state index contributed by atoms with van der Waals surface area (Å²) in [5.41, 5.74) is 0. The van der Waals surface area contributed by atoms with Crippen molar-refractivity contribution in [3.05, 3.63) is 0 Å². The smallest absolute Gasteiger partial charge is 0.326 e. The molecule has 2 saturated heterocycles. The van der Waals surface area contributed by atoms with Gasteiger partial charge in [-0.1, -0.05) is 6.92 Å². The van der Waals surface area contributed by atoms with Gasteiger partial charge in [0.2, 0.25) is 5.91 Å². The average molecular weight is 297 g/mol. The number of amides is 3. The largest absolute Gasteiger partial charge is 0.480 e. The van der Waals surface area contributed by atoms with E-state index in [2.05, 4.69) is 0 Å². The number of carboxylic acid groups (broad SMARTS) is 1.